The van der Waals surface area contributed by atoms with E-state index in [0.29, 0.717) is 23.8 Å². The molecule has 3 aromatic rings. The van der Waals surface area contributed by atoms with E-state index in [-0.39, 0.29) is 31.1 Å². The van der Waals surface area contributed by atoms with E-state index >= 15 is 0 Å². The average Bonchev–Trinajstić information content (AvgIpc) is 2.97. The first-order valence-electron chi connectivity index (χ1n) is 12.6. The van der Waals surface area contributed by atoms with Crippen molar-refractivity contribution in [1.82, 2.24) is 14.5 Å². The standard InChI is InChI=1S/C28H32N4O6S/c1-3-38-23-14-12-22(13-15-23)30-28(34)31-16-17-32(39(35,36)25-10-5-4-6-11-25)26(20-31)27(33)29-19-21-8-7-9-24(18-21)37-2/h4-15,18,26H,3,16-17,19-20H2,1-2H3,(H,29,33)(H,30,34). The molecule has 3 aromatic carbocycles. The first kappa shape index (κ1) is 27.9. The van der Waals surface area contributed by atoms with Gasteiger partial charge in [0, 0.05) is 31.9 Å². The minimum Gasteiger partial charge on any atom is -0.497 e. The summed E-state index contributed by atoms with van der Waals surface area (Å²) in [5, 5.41) is 5.64. The van der Waals surface area contributed by atoms with Gasteiger partial charge in [0.15, 0.2) is 0 Å². The number of anilines is 1. The SMILES string of the molecule is CCOc1ccc(NC(=O)N2CCN(S(=O)(=O)c3ccccc3)C(C(=O)NCc3cccc(OC)c3)C2)cc1. The zero-order valence-electron chi connectivity index (χ0n) is 21.9. The first-order valence-corrected chi connectivity index (χ1v) is 14.0. The Labute approximate surface area is 228 Å². The number of hydrogen-bond donors (Lipinski definition) is 2. The third-order valence-electron chi connectivity index (χ3n) is 6.29. The number of nitrogens with one attached hydrogen (secondary N) is 2. The van der Waals surface area contributed by atoms with Gasteiger partial charge in [-0.05, 0) is 61.0 Å². The fraction of sp³-hybridized carbons (Fsp3) is 0.286. The van der Waals surface area contributed by atoms with E-state index in [1.807, 2.05) is 13.0 Å². The van der Waals surface area contributed by atoms with Gasteiger partial charge in [0.25, 0.3) is 0 Å². The van der Waals surface area contributed by atoms with Crippen LogP contribution in [0.25, 0.3) is 0 Å². The summed E-state index contributed by atoms with van der Waals surface area (Å²) in [6, 6.07) is 20.6. The van der Waals surface area contributed by atoms with Crippen molar-refractivity contribution in [3.63, 3.8) is 0 Å². The van der Waals surface area contributed by atoms with Gasteiger partial charge in [-0.25, -0.2) is 13.2 Å². The van der Waals surface area contributed by atoms with E-state index in [1.165, 1.54) is 21.3 Å². The van der Waals surface area contributed by atoms with Crippen LogP contribution < -0.4 is 20.1 Å². The summed E-state index contributed by atoms with van der Waals surface area (Å²) >= 11 is 0. The van der Waals surface area contributed by atoms with Crippen molar-refractivity contribution < 1.29 is 27.5 Å². The third-order valence-corrected chi connectivity index (χ3v) is 8.21. The molecule has 3 amide bonds. The minimum atomic E-state index is -3.99. The number of rotatable bonds is 9. The summed E-state index contributed by atoms with van der Waals surface area (Å²) in [6.45, 7) is 2.56. The molecule has 4 rings (SSSR count). The van der Waals surface area contributed by atoms with Crippen LogP contribution in [-0.4, -0.2) is 69.0 Å². The van der Waals surface area contributed by atoms with Gasteiger partial charge in [-0.2, -0.15) is 4.31 Å². The maximum atomic E-state index is 13.5. The van der Waals surface area contributed by atoms with Crippen molar-refractivity contribution in [2.45, 2.75) is 24.4 Å². The van der Waals surface area contributed by atoms with Crippen molar-refractivity contribution in [3.05, 3.63) is 84.4 Å². The second kappa shape index (κ2) is 12.6. The molecule has 0 radical (unpaired) electrons. The van der Waals surface area contributed by atoms with Crippen LogP contribution >= 0.6 is 0 Å². The number of nitrogens with zero attached hydrogens (tertiary/aromatic N) is 2. The maximum Gasteiger partial charge on any atom is 0.321 e. The van der Waals surface area contributed by atoms with Gasteiger partial charge in [0.05, 0.1) is 18.6 Å². The number of carbonyl (C=O) groups is 2. The highest BCUT2D eigenvalue weighted by molar-refractivity contribution is 7.89. The van der Waals surface area contributed by atoms with Crippen molar-refractivity contribution >= 4 is 27.6 Å². The van der Waals surface area contributed by atoms with E-state index in [2.05, 4.69) is 10.6 Å². The molecule has 1 aliphatic heterocycles. The van der Waals surface area contributed by atoms with E-state index in [0.717, 1.165) is 5.56 Å². The lowest BCUT2D eigenvalue weighted by Gasteiger charge is -2.39. The zero-order chi connectivity index (χ0) is 27.8. The predicted octanol–water partition coefficient (Wildman–Crippen LogP) is 3.32. The van der Waals surface area contributed by atoms with Crippen LogP contribution in [0.1, 0.15) is 12.5 Å². The molecule has 1 atom stereocenters. The van der Waals surface area contributed by atoms with Crippen LogP contribution in [0.3, 0.4) is 0 Å². The Morgan fingerprint density at radius 1 is 0.949 bits per heavy atom. The van der Waals surface area contributed by atoms with E-state index in [4.69, 9.17) is 9.47 Å². The Morgan fingerprint density at radius 3 is 2.38 bits per heavy atom. The monoisotopic (exact) mass is 552 g/mol. The lowest BCUT2D eigenvalue weighted by atomic mass is 10.1. The Hall–Kier alpha value is -4.09. The number of amides is 3. The molecule has 0 bridgehead atoms. The van der Waals surface area contributed by atoms with E-state index in [9.17, 15) is 18.0 Å². The van der Waals surface area contributed by atoms with Gasteiger partial charge in [-0.15, -0.1) is 0 Å². The number of urea groups is 1. The topological polar surface area (TPSA) is 117 Å². The molecule has 0 spiro atoms. The number of ether oxygens (including phenoxy) is 2. The van der Waals surface area contributed by atoms with Crippen molar-refractivity contribution in [3.8, 4) is 11.5 Å². The van der Waals surface area contributed by atoms with E-state index in [1.54, 1.807) is 67.8 Å². The highest BCUT2D eigenvalue weighted by Crippen LogP contribution is 2.23. The summed E-state index contributed by atoms with van der Waals surface area (Å²) in [5.74, 6) is 0.823. The van der Waals surface area contributed by atoms with Gasteiger partial charge in [0.1, 0.15) is 17.5 Å². The number of hydrogen-bond acceptors (Lipinski definition) is 6. The highest BCUT2D eigenvalue weighted by Gasteiger charge is 2.41. The molecule has 1 fully saturated rings. The molecule has 206 valence electrons. The van der Waals surface area contributed by atoms with Crippen LogP contribution in [0.2, 0.25) is 0 Å². The molecule has 0 aliphatic carbocycles. The van der Waals surface area contributed by atoms with Gasteiger partial charge < -0.3 is 25.0 Å². The molecule has 1 saturated heterocycles. The lowest BCUT2D eigenvalue weighted by Crippen LogP contribution is -2.61. The number of sulfonamides is 1. The lowest BCUT2D eigenvalue weighted by molar-refractivity contribution is -0.126. The highest BCUT2D eigenvalue weighted by atomic mass is 32.2. The van der Waals surface area contributed by atoms with Crippen molar-refractivity contribution in [2.75, 3.05) is 38.7 Å². The molecule has 0 saturated carbocycles. The summed E-state index contributed by atoms with van der Waals surface area (Å²) < 4.78 is 38.9. The molecule has 10 nitrogen and oxygen atoms in total. The zero-order valence-corrected chi connectivity index (χ0v) is 22.7. The van der Waals surface area contributed by atoms with Gasteiger partial charge in [-0.1, -0.05) is 30.3 Å². The summed E-state index contributed by atoms with van der Waals surface area (Å²) in [5.41, 5.74) is 1.35. The van der Waals surface area contributed by atoms with Crippen molar-refractivity contribution in [2.24, 2.45) is 0 Å². The van der Waals surface area contributed by atoms with Crippen LogP contribution in [0.4, 0.5) is 10.5 Å². The smallest absolute Gasteiger partial charge is 0.321 e. The Kier molecular flexibility index (Phi) is 9.05. The number of benzene rings is 3. The molecule has 2 N–H and O–H groups in total. The third kappa shape index (κ3) is 6.87. The van der Waals surface area contributed by atoms with E-state index < -0.39 is 28.0 Å². The maximum absolute atomic E-state index is 13.5. The van der Waals surface area contributed by atoms with Crippen molar-refractivity contribution in [1.29, 1.82) is 0 Å². The molecular weight excluding hydrogens is 520 g/mol. The molecule has 0 aromatic heterocycles. The van der Waals surface area contributed by atoms with Gasteiger partial charge >= 0.3 is 6.03 Å². The van der Waals surface area contributed by atoms with Crippen LogP contribution in [0.15, 0.2) is 83.8 Å². The number of piperazine rings is 1. The Balaban J connectivity index is 1.52. The molecular formula is C28H32N4O6S. The normalized spacial score (nSPS) is 15.8. The Morgan fingerprint density at radius 2 is 1.69 bits per heavy atom. The Bertz CT molecular complexity index is 1380. The summed E-state index contributed by atoms with van der Waals surface area (Å²) in [6.07, 6.45) is 0. The van der Waals surface area contributed by atoms with Crippen LogP contribution in [-0.2, 0) is 21.4 Å². The fourth-order valence-electron chi connectivity index (χ4n) is 4.27. The first-order chi connectivity index (χ1) is 18.8. The number of carbonyl (C=O) groups excluding carboxylic acids is 2. The molecule has 1 unspecified atom stereocenters. The molecule has 39 heavy (non-hydrogen) atoms. The predicted molar refractivity (Wildman–Crippen MR) is 147 cm³/mol. The molecule has 11 heteroatoms. The fourth-order valence-corrected chi connectivity index (χ4v) is 5.86. The summed E-state index contributed by atoms with van der Waals surface area (Å²) in [4.78, 5) is 28.0. The van der Waals surface area contributed by atoms with Gasteiger partial charge in [-0.3, -0.25) is 4.79 Å². The second-order valence-electron chi connectivity index (χ2n) is 8.85. The second-order valence-corrected chi connectivity index (χ2v) is 10.7. The largest absolute Gasteiger partial charge is 0.497 e. The van der Waals surface area contributed by atoms with Crippen LogP contribution in [0, 0.1) is 0 Å². The minimum absolute atomic E-state index is 0.0365. The van der Waals surface area contributed by atoms with Gasteiger partial charge in [0.2, 0.25) is 15.9 Å². The molecule has 1 heterocycles. The summed E-state index contributed by atoms with van der Waals surface area (Å²) in [7, 11) is -2.43. The number of methoxy groups -OCH3 is 1. The quantitative estimate of drug-likeness (QED) is 0.421. The van der Waals surface area contributed by atoms with Crippen LogP contribution in [0.5, 0.6) is 11.5 Å². The average molecular weight is 553 g/mol. The molecule has 1 aliphatic rings.